The third-order valence-corrected chi connectivity index (χ3v) is 8.95. The third-order valence-electron chi connectivity index (χ3n) is 8.95. The maximum Gasteiger partial charge on any atom is 0.306 e. The minimum atomic E-state index is -0.621. The molecule has 5 atom stereocenters. The lowest BCUT2D eigenvalue weighted by atomic mass is 9.64. The lowest BCUT2D eigenvalue weighted by molar-refractivity contribution is -0.145. The highest BCUT2D eigenvalue weighted by Crippen LogP contribution is 2.49. The summed E-state index contributed by atoms with van der Waals surface area (Å²) >= 11 is 0. The van der Waals surface area contributed by atoms with Crippen molar-refractivity contribution in [3.8, 4) is 0 Å². The van der Waals surface area contributed by atoms with Crippen LogP contribution in [0.5, 0.6) is 0 Å². The van der Waals surface area contributed by atoms with Crippen molar-refractivity contribution < 1.29 is 19.4 Å². The second kappa shape index (κ2) is 10.9. The largest absolute Gasteiger partial charge is 0.461 e. The zero-order valence-electron chi connectivity index (χ0n) is 21.8. The van der Waals surface area contributed by atoms with Crippen molar-refractivity contribution >= 4 is 22.8 Å². The molecule has 7 nitrogen and oxygen atoms in total. The molecule has 1 unspecified atom stereocenters. The van der Waals surface area contributed by atoms with Crippen LogP contribution in [0, 0.1) is 17.8 Å². The van der Waals surface area contributed by atoms with Gasteiger partial charge in [0.05, 0.1) is 18.1 Å². The normalized spacial score (nSPS) is 26.7. The molecule has 3 aliphatic rings. The Kier molecular flexibility index (Phi) is 7.22. The van der Waals surface area contributed by atoms with Crippen molar-refractivity contribution in [3.63, 3.8) is 0 Å². The van der Waals surface area contributed by atoms with Crippen LogP contribution in [0.3, 0.4) is 0 Å². The van der Waals surface area contributed by atoms with Crippen molar-refractivity contribution in [2.24, 2.45) is 17.8 Å². The van der Waals surface area contributed by atoms with Crippen LogP contribution in [-0.2, 0) is 27.4 Å². The summed E-state index contributed by atoms with van der Waals surface area (Å²) in [6.45, 7) is 2.69. The lowest BCUT2D eigenvalue weighted by Gasteiger charge is -2.51. The number of nitrogens with zero attached hydrogens (tertiary/aromatic N) is 1. The van der Waals surface area contributed by atoms with Gasteiger partial charge >= 0.3 is 5.97 Å². The Balaban J connectivity index is 1.06. The first-order valence-electron chi connectivity index (χ1n) is 14.1. The van der Waals surface area contributed by atoms with Crippen LogP contribution in [-0.4, -0.2) is 52.6 Å². The number of rotatable bonds is 7. The third kappa shape index (κ3) is 4.97. The van der Waals surface area contributed by atoms with E-state index in [1.165, 1.54) is 22.2 Å². The molecule has 2 fully saturated rings. The topological polar surface area (TPSA) is 94.7 Å². The highest BCUT2D eigenvalue weighted by molar-refractivity contribution is 5.85. The van der Waals surface area contributed by atoms with Gasteiger partial charge in [0.1, 0.15) is 6.61 Å². The van der Waals surface area contributed by atoms with Crippen LogP contribution in [0.2, 0.25) is 0 Å². The standard InChI is InChI=1S/C31H37N3O4/c35-27-13-12-21-18-34-16-14-23-22-9-4-5-10-25(22)33-30(23)26(34)17-24(21)29(27)31(37)32-15-6-11-28(36)38-19-20-7-2-1-3-8-20/h1-5,7-10,21,24,26-27,29,33,35H,6,11-19H2,(H,32,37)/t21-,24?,26-,27-,29+/m0/s1. The van der Waals surface area contributed by atoms with Crippen LogP contribution in [0.15, 0.2) is 54.6 Å². The number of aromatic nitrogens is 1. The Hall–Kier alpha value is -3.16. The number of piperidine rings is 1. The fourth-order valence-electron chi connectivity index (χ4n) is 7.08. The van der Waals surface area contributed by atoms with Crippen molar-refractivity contribution in [1.29, 1.82) is 0 Å². The fourth-order valence-corrected chi connectivity index (χ4v) is 7.08. The van der Waals surface area contributed by atoms with Crippen LogP contribution < -0.4 is 5.32 Å². The summed E-state index contributed by atoms with van der Waals surface area (Å²) < 4.78 is 5.34. The van der Waals surface area contributed by atoms with Gasteiger partial charge in [-0.1, -0.05) is 48.5 Å². The second-order valence-corrected chi connectivity index (χ2v) is 11.2. The molecule has 0 spiro atoms. The number of aliphatic hydroxyl groups excluding tert-OH is 1. The van der Waals surface area contributed by atoms with E-state index in [2.05, 4.69) is 39.5 Å². The molecule has 2 aromatic carbocycles. The molecule has 3 heterocycles. The van der Waals surface area contributed by atoms with Crippen LogP contribution in [0.4, 0.5) is 0 Å². The maximum atomic E-state index is 13.4. The van der Waals surface area contributed by atoms with Gasteiger partial charge in [-0.15, -0.1) is 0 Å². The van der Waals surface area contributed by atoms with E-state index in [4.69, 9.17) is 4.74 Å². The van der Waals surface area contributed by atoms with Gasteiger partial charge in [0, 0.05) is 42.7 Å². The number of aromatic amines is 1. The van der Waals surface area contributed by atoms with E-state index in [-0.39, 0.29) is 36.9 Å². The monoisotopic (exact) mass is 515 g/mol. The molecule has 38 heavy (non-hydrogen) atoms. The van der Waals surface area contributed by atoms with Gasteiger partial charge in [0.2, 0.25) is 5.91 Å². The van der Waals surface area contributed by atoms with Gasteiger partial charge in [-0.25, -0.2) is 0 Å². The predicted octanol–water partition coefficient (Wildman–Crippen LogP) is 4.11. The molecule has 1 saturated carbocycles. The summed E-state index contributed by atoms with van der Waals surface area (Å²) in [6.07, 6.45) is 3.72. The van der Waals surface area contributed by atoms with E-state index < -0.39 is 12.0 Å². The first-order valence-corrected chi connectivity index (χ1v) is 14.1. The van der Waals surface area contributed by atoms with Crippen molar-refractivity contribution in [2.75, 3.05) is 19.6 Å². The average Bonchev–Trinajstić information content (AvgIpc) is 3.33. The molecule has 6 rings (SSSR count). The first-order chi connectivity index (χ1) is 18.6. The number of amides is 1. The van der Waals surface area contributed by atoms with Gasteiger partial charge in [-0.3, -0.25) is 14.5 Å². The Morgan fingerprint density at radius 1 is 1.08 bits per heavy atom. The molecule has 3 aromatic rings. The number of carbonyl (C=O) groups is 2. The molecule has 2 aliphatic heterocycles. The van der Waals surface area contributed by atoms with Crippen molar-refractivity contribution in [2.45, 2.75) is 57.3 Å². The molecule has 0 bridgehead atoms. The second-order valence-electron chi connectivity index (χ2n) is 11.2. The number of esters is 1. The number of carbonyl (C=O) groups excluding carboxylic acids is 2. The SMILES string of the molecule is O=C(CCCNC(=O)[C@@H]1C2C[C@H]3c4[nH]c5ccccc5c4CCN3C[C@@H]2CC[C@@H]1O)OCc1ccccc1. The molecule has 1 aliphatic carbocycles. The highest BCUT2D eigenvalue weighted by atomic mass is 16.5. The highest BCUT2D eigenvalue weighted by Gasteiger charge is 2.49. The Bertz CT molecular complexity index is 1290. The lowest BCUT2D eigenvalue weighted by Crippen LogP contribution is -2.54. The molecular formula is C31H37N3O4. The molecule has 3 N–H and O–H groups in total. The minimum absolute atomic E-state index is 0.0778. The number of benzene rings is 2. The summed E-state index contributed by atoms with van der Waals surface area (Å²) in [5.74, 6) is -0.182. The number of ether oxygens (including phenoxy) is 1. The molecule has 7 heteroatoms. The van der Waals surface area contributed by atoms with Gasteiger partial charge in [-0.05, 0) is 61.1 Å². The minimum Gasteiger partial charge on any atom is -0.461 e. The summed E-state index contributed by atoms with van der Waals surface area (Å²) in [5.41, 5.74) is 4.85. The molecular weight excluding hydrogens is 478 g/mol. The Labute approximate surface area is 223 Å². The van der Waals surface area contributed by atoms with Crippen LogP contribution >= 0.6 is 0 Å². The smallest absolute Gasteiger partial charge is 0.306 e. The number of hydrogen-bond donors (Lipinski definition) is 3. The van der Waals surface area contributed by atoms with Crippen molar-refractivity contribution in [3.05, 3.63) is 71.4 Å². The molecule has 1 amide bonds. The van der Waals surface area contributed by atoms with Crippen LogP contribution in [0.25, 0.3) is 10.9 Å². The Morgan fingerprint density at radius 2 is 1.89 bits per heavy atom. The number of H-pyrrole nitrogens is 1. The average molecular weight is 516 g/mol. The number of nitrogens with one attached hydrogen (secondary N) is 2. The Morgan fingerprint density at radius 3 is 2.76 bits per heavy atom. The quantitative estimate of drug-likeness (QED) is 0.325. The van der Waals surface area contributed by atoms with Gasteiger partial charge in [0.25, 0.3) is 0 Å². The summed E-state index contributed by atoms with van der Waals surface area (Å²) in [5, 5.41) is 15.3. The molecule has 1 saturated heterocycles. The van der Waals surface area contributed by atoms with Gasteiger partial charge in [-0.2, -0.15) is 0 Å². The number of aliphatic hydroxyl groups is 1. The summed E-state index contributed by atoms with van der Waals surface area (Å²) in [4.78, 5) is 31.8. The molecule has 200 valence electrons. The maximum absolute atomic E-state index is 13.4. The first kappa shape index (κ1) is 25.1. The molecule has 0 radical (unpaired) electrons. The fraction of sp³-hybridized carbons (Fsp3) is 0.484. The van der Waals surface area contributed by atoms with E-state index in [0.29, 0.717) is 25.3 Å². The van der Waals surface area contributed by atoms with E-state index in [0.717, 1.165) is 37.9 Å². The van der Waals surface area contributed by atoms with Gasteiger partial charge < -0.3 is 20.1 Å². The molecule has 1 aromatic heterocycles. The van der Waals surface area contributed by atoms with Crippen LogP contribution in [0.1, 0.15) is 55.0 Å². The zero-order chi connectivity index (χ0) is 26.1. The van der Waals surface area contributed by atoms with Crippen molar-refractivity contribution in [1.82, 2.24) is 15.2 Å². The summed E-state index contributed by atoms with van der Waals surface area (Å²) in [6, 6.07) is 18.4. The predicted molar refractivity (Wildman–Crippen MR) is 145 cm³/mol. The van der Waals surface area contributed by atoms with Gasteiger partial charge in [0.15, 0.2) is 0 Å². The van der Waals surface area contributed by atoms with E-state index in [1.807, 2.05) is 30.3 Å². The number of hydrogen-bond acceptors (Lipinski definition) is 5. The van der Waals surface area contributed by atoms with E-state index in [9.17, 15) is 14.7 Å². The summed E-state index contributed by atoms with van der Waals surface area (Å²) in [7, 11) is 0. The van der Waals surface area contributed by atoms with E-state index in [1.54, 1.807) is 0 Å². The number of fused-ring (bicyclic) bond motifs is 6. The van der Waals surface area contributed by atoms with E-state index >= 15 is 0 Å². The zero-order valence-corrected chi connectivity index (χ0v) is 21.8. The number of para-hydroxylation sites is 1.